The van der Waals surface area contributed by atoms with Gasteiger partial charge in [-0.15, -0.1) is 0 Å². The first-order valence-electron chi connectivity index (χ1n) is 10.5. The second kappa shape index (κ2) is 9.51. The molecule has 0 fully saturated rings. The van der Waals surface area contributed by atoms with Crippen molar-refractivity contribution in [2.75, 3.05) is 12.4 Å². The fourth-order valence-electron chi connectivity index (χ4n) is 3.42. The molecule has 0 amide bonds. The Bertz CT molecular complexity index is 1180. The monoisotopic (exact) mass is 445 g/mol. The van der Waals surface area contributed by atoms with Crippen LogP contribution in [0.2, 0.25) is 0 Å². The van der Waals surface area contributed by atoms with E-state index in [9.17, 15) is 0 Å². The number of hydrogen-bond donors (Lipinski definition) is 1. The lowest BCUT2D eigenvalue weighted by atomic mass is 9.86. The van der Waals surface area contributed by atoms with Gasteiger partial charge in [0.25, 0.3) is 0 Å². The molecule has 2 aromatic heterocycles. The van der Waals surface area contributed by atoms with Gasteiger partial charge in [-0.3, -0.25) is 0 Å². The van der Waals surface area contributed by atoms with E-state index in [1.54, 1.807) is 24.6 Å². The highest BCUT2D eigenvalue weighted by Gasteiger charge is 2.20. The number of hydrogen-bond acceptors (Lipinski definition) is 6. The molecule has 0 aliphatic heterocycles. The minimum absolute atomic E-state index is 0.0477. The molecule has 0 saturated heterocycles. The first kappa shape index (κ1) is 22.0. The maximum Gasteiger partial charge on any atom is 0.243 e. The van der Waals surface area contributed by atoms with Crippen LogP contribution in [0.25, 0.3) is 10.4 Å². The number of benzene rings is 2. The molecule has 6 heteroatoms. The van der Waals surface area contributed by atoms with Crippen LogP contribution in [0.3, 0.4) is 0 Å². The number of nitrogens with one attached hydrogen (secondary N) is 1. The highest BCUT2D eigenvalue weighted by Crippen LogP contribution is 2.38. The molecule has 164 valence electrons. The van der Waals surface area contributed by atoms with Gasteiger partial charge in [0.2, 0.25) is 5.88 Å². The lowest BCUT2D eigenvalue weighted by molar-refractivity contribution is 0.182. The van der Waals surface area contributed by atoms with Gasteiger partial charge in [0.1, 0.15) is 11.4 Å². The Morgan fingerprint density at radius 3 is 2.44 bits per heavy atom. The third-order valence-electron chi connectivity index (χ3n) is 4.93. The Morgan fingerprint density at radius 1 is 0.938 bits per heavy atom. The van der Waals surface area contributed by atoms with Crippen molar-refractivity contribution >= 4 is 22.2 Å². The molecule has 2 heterocycles. The van der Waals surface area contributed by atoms with Gasteiger partial charge in [-0.05, 0) is 29.2 Å². The van der Waals surface area contributed by atoms with Crippen molar-refractivity contribution in [1.82, 2.24) is 9.97 Å². The predicted molar refractivity (Wildman–Crippen MR) is 131 cm³/mol. The van der Waals surface area contributed by atoms with E-state index in [0.717, 1.165) is 38.3 Å². The fourth-order valence-corrected chi connectivity index (χ4v) is 4.40. The summed E-state index contributed by atoms with van der Waals surface area (Å²) in [5, 5.41) is 4.17. The van der Waals surface area contributed by atoms with E-state index in [0.29, 0.717) is 12.5 Å². The van der Waals surface area contributed by atoms with Crippen molar-refractivity contribution in [3.63, 3.8) is 0 Å². The zero-order valence-electron chi connectivity index (χ0n) is 18.8. The highest BCUT2D eigenvalue weighted by atomic mass is 32.1. The lowest BCUT2D eigenvalue weighted by Gasteiger charge is -2.22. The molecular weight excluding hydrogens is 418 g/mol. The number of methoxy groups -OCH3 is 1. The summed E-state index contributed by atoms with van der Waals surface area (Å²) in [6, 6.07) is 22.1. The molecular formula is C26H27N3O2S. The molecule has 5 nitrogen and oxygen atoms in total. The largest absolute Gasteiger partial charge is 0.437 e. The zero-order chi connectivity index (χ0) is 22.6. The van der Waals surface area contributed by atoms with E-state index >= 15 is 0 Å². The summed E-state index contributed by atoms with van der Waals surface area (Å²) in [7, 11) is 1.68. The summed E-state index contributed by atoms with van der Waals surface area (Å²) in [5.41, 5.74) is 3.85. The Morgan fingerprint density at radius 2 is 1.69 bits per heavy atom. The second-order valence-electron chi connectivity index (χ2n) is 8.42. The van der Waals surface area contributed by atoms with Gasteiger partial charge >= 0.3 is 0 Å². The number of ether oxygens (including phenoxy) is 2. The first-order chi connectivity index (χ1) is 15.5. The van der Waals surface area contributed by atoms with Crippen molar-refractivity contribution in [3.8, 4) is 22.1 Å². The van der Waals surface area contributed by atoms with E-state index in [1.165, 1.54) is 0 Å². The van der Waals surface area contributed by atoms with E-state index < -0.39 is 0 Å². The first-order valence-corrected chi connectivity index (χ1v) is 11.3. The minimum Gasteiger partial charge on any atom is -0.437 e. The maximum absolute atomic E-state index is 6.29. The molecule has 32 heavy (non-hydrogen) atoms. The van der Waals surface area contributed by atoms with Crippen LogP contribution in [0.4, 0.5) is 10.8 Å². The number of aromatic nitrogens is 2. The van der Waals surface area contributed by atoms with Gasteiger partial charge in [-0.1, -0.05) is 80.6 Å². The Balaban J connectivity index is 1.65. The van der Waals surface area contributed by atoms with Crippen LogP contribution in [0, 0.1) is 0 Å². The smallest absolute Gasteiger partial charge is 0.243 e. The summed E-state index contributed by atoms with van der Waals surface area (Å²) < 4.78 is 11.7. The number of para-hydroxylation sites is 1. The normalized spacial score (nSPS) is 11.4. The van der Waals surface area contributed by atoms with E-state index in [2.05, 4.69) is 49.3 Å². The Labute approximate surface area is 193 Å². The quantitative estimate of drug-likeness (QED) is 0.326. The van der Waals surface area contributed by atoms with Crippen molar-refractivity contribution < 1.29 is 9.47 Å². The molecule has 2 aromatic carbocycles. The molecule has 0 spiro atoms. The van der Waals surface area contributed by atoms with Crippen molar-refractivity contribution in [1.29, 1.82) is 0 Å². The summed E-state index contributed by atoms with van der Waals surface area (Å²) in [4.78, 5) is 10.3. The number of rotatable bonds is 7. The summed E-state index contributed by atoms with van der Waals surface area (Å²) in [6.07, 6.45) is 1.73. The van der Waals surface area contributed by atoms with Gasteiger partial charge in [0.15, 0.2) is 5.13 Å². The third-order valence-corrected chi connectivity index (χ3v) is 5.99. The Kier molecular flexibility index (Phi) is 6.53. The van der Waals surface area contributed by atoms with E-state index in [-0.39, 0.29) is 5.41 Å². The number of pyridine rings is 1. The van der Waals surface area contributed by atoms with Gasteiger partial charge in [-0.2, -0.15) is 0 Å². The van der Waals surface area contributed by atoms with Gasteiger partial charge in [0.05, 0.1) is 17.2 Å². The van der Waals surface area contributed by atoms with Crippen molar-refractivity contribution in [2.24, 2.45) is 0 Å². The number of thiazole rings is 1. The molecule has 0 aliphatic carbocycles. The average Bonchev–Trinajstić information content (AvgIpc) is 3.18. The van der Waals surface area contributed by atoms with Gasteiger partial charge < -0.3 is 14.8 Å². The van der Waals surface area contributed by atoms with Crippen LogP contribution in [-0.2, 0) is 16.8 Å². The molecule has 0 radical (unpaired) electrons. The van der Waals surface area contributed by atoms with Gasteiger partial charge in [0, 0.05) is 18.9 Å². The molecule has 0 bridgehead atoms. The van der Waals surface area contributed by atoms with Crippen LogP contribution < -0.4 is 10.1 Å². The Hall–Kier alpha value is -3.22. The summed E-state index contributed by atoms with van der Waals surface area (Å²) >= 11 is 1.58. The molecule has 4 rings (SSSR count). The third kappa shape index (κ3) is 4.98. The zero-order valence-corrected chi connectivity index (χ0v) is 19.6. The molecule has 0 atom stereocenters. The minimum atomic E-state index is -0.0477. The SMILES string of the molecule is COCc1nc(Nc2cccnc2Oc2ccccc2C(C)(C)C)sc1-c1ccccc1. The topological polar surface area (TPSA) is 56.3 Å². The fraction of sp³-hybridized carbons (Fsp3) is 0.231. The van der Waals surface area contributed by atoms with Crippen LogP contribution in [0.15, 0.2) is 72.9 Å². The van der Waals surface area contributed by atoms with Crippen LogP contribution in [0.1, 0.15) is 32.0 Å². The molecule has 4 aromatic rings. The lowest BCUT2D eigenvalue weighted by Crippen LogP contribution is -2.12. The van der Waals surface area contributed by atoms with Crippen LogP contribution >= 0.6 is 11.3 Å². The molecule has 0 saturated carbocycles. The standard InChI is InChI=1S/C26H27N3O2S/c1-26(2,3)19-13-8-9-15-22(19)31-24-20(14-10-16-27-24)28-25-29-21(17-30-4)23(32-25)18-11-6-5-7-12-18/h5-16H,17H2,1-4H3,(H,28,29). The summed E-state index contributed by atoms with van der Waals surface area (Å²) in [5.74, 6) is 1.31. The predicted octanol–water partition coefficient (Wildman–Crippen LogP) is 7.18. The molecule has 1 N–H and O–H groups in total. The maximum atomic E-state index is 6.29. The van der Waals surface area contributed by atoms with E-state index in [1.807, 2.05) is 48.5 Å². The van der Waals surface area contributed by atoms with Crippen LogP contribution in [0.5, 0.6) is 11.6 Å². The molecule has 0 aliphatic rings. The average molecular weight is 446 g/mol. The van der Waals surface area contributed by atoms with Crippen molar-refractivity contribution in [2.45, 2.75) is 32.8 Å². The second-order valence-corrected chi connectivity index (χ2v) is 9.42. The van der Waals surface area contributed by atoms with Crippen LogP contribution in [-0.4, -0.2) is 17.1 Å². The molecule has 0 unspecified atom stereocenters. The highest BCUT2D eigenvalue weighted by molar-refractivity contribution is 7.19. The van der Waals surface area contributed by atoms with Crippen molar-refractivity contribution in [3.05, 3.63) is 84.2 Å². The van der Waals surface area contributed by atoms with E-state index in [4.69, 9.17) is 14.5 Å². The van der Waals surface area contributed by atoms with Gasteiger partial charge in [-0.25, -0.2) is 9.97 Å². The summed E-state index contributed by atoms with van der Waals surface area (Å²) in [6.45, 7) is 6.96. The number of anilines is 2. The number of nitrogens with zero attached hydrogens (tertiary/aromatic N) is 2.